The average Bonchev–Trinajstić information content (AvgIpc) is 2.38. The van der Waals surface area contributed by atoms with Crippen molar-refractivity contribution in [3.05, 3.63) is 66.2 Å². The zero-order valence-corrected chi connectivity index (χ0v) is 8.59. The number of nitrogens with one attached hydrogen (secondary N) is 1. The molecule has 0 atom stereocenters. The number of rotatable bonds is 2. The lowest BCUT2D eigenvalue weighted by molar-refractivity contribution is 0.319. The van der Waals surface area contributed by atoms with Crippen LogP contribution in [0.25, 0.3) is 0 Å². The highest BCUT2D eigenvalue weighted by atomic mass is 16.4. The molecule has 2 aromatic rings. The predicted octanol–water partition coefficient (Wildman–Crippen LogP) is 2.73. The second kappa shape index (κ2) is 4.98. The van der Waals surface area contributed by atoms with Gasteiger partial charge >= 0.3 is 0 Å². The SMILES string of the molecule is ON=C(Nc1ccccc1)c1c[c]ccc1. The predicted molar refractivity (Wildman–Crippen MR) is 63.7 cm³/mol. The molecule has 0 heterocycles. The Morgan fingerprint density at radius 1 is 1.12 bits per heavy atom. The van der Waals surface area contributed by atoms with Gasteiger partial charge in [-0.05, 0) is 24.3 Å². The molecule has 0 amide bonds. The van der Waals surface area contributed by atoms with Crippen molar-refractivity contribution in [3.8, 4) is 0 Å². The molecule has 0 aliphatic carbocycles. The minimum atomic E-state index is 0.406. The molecule has 0 fully saturated rings. The molecule has 79 valence electrons. The molecule has 2 rings (SSSR count). The van der Waals surface area contributed by atoms with Crippen molar-refractivity contribution in [2.75, 3.05) is 5.32 Å². The fourth-order valence-corrected chi connectivity index (χ4v) is 1.35. The number of hydrogen-bond acceptors (Lipinski definition) is 2. The maximum atomic E-state index is 8.95. The van der Waals surface area contributed by atoms with Gasteiger partial charge in [0.25, 0.3) is 0 Å². The van der Waals surface area contributed by atoms with Gasteiger partial charge in [-0.3, -0.25) is 0 Å². The maximum absolute atomic E-state index is 8.95. The number of amidine groups is 1. The summed E-state index contributed by atoms with van der Waals surface area (Å²) in [4.78, 5) is 0. The molecule has 0 aliphatic heterocycles. The van der Waals surface area contributed by atoms with Crippen molar-refractivity contribution in [1.82, 2.24) is 0 Å². The molecule has 0 bridgehead atoms. The summed E-state index contributed by atoms with van der Waals surface area (Å²) in [7, 11) is 0. The molecular weight excluding hydrogens is 200 g/mol. The van der Waals surface area contributed by atoms with E-state index in [4.69, 9.17) is 5.21 Å². The van der Waals surface area contributed by atoms with E-state index in [1.807, 2.05) is 42.5 Å². The summed E-state index contributed by atoms with van der Waals surface area (Å²) in [5.74, 6) is 0.406. The first-order chi connectivity index (χ1) is 7.90. The van der Waals surface area contributed by atoms with Gasteiger partial charge in [0.2, 0.25) is 0 Å². The lowest BCUT2D eigenvalue weighted by Crippen LogP contribution is -2.13. The second-order valence-electron chi connectivity index (χ2n) is 3.23. The highest BCUT2D eigenvalue weighted by Crippen LogP contribution is 2.08. The summed E-state index contributed by atoms with van der Waals surface area (Å²) < 4.78 is 0. The highest BCUT2D eigenvalue weighted by molar-refractivity contribution is 6.07. The molecule has 16 heavy (non-hydrogen) atoms. The zero-order valence-electron chi connectivity index (χ0n) is 8.59. The number of anilines is 1. The van der Waals surface area contributed by atoms with Crippen molar-refractivity contribution in [3.63, 3.8) is 0 Å². The van der Waals surface area contributed by atoms with Gasteiger partial charge in [-0.2, -0.15) is 0 Å². The minimum absolute atomic E-state index is 0.406. The van der Waals surface area contributed by atoms with Crippen LogP contribution in [0.4, 0.5) is 5.69 Å². The van der Waals surface area contributed by atoms with Crippen molar-refractivity contribution >= 4 is 11.5 Å². The van der Waals surface area contributed by atoms with E-state index in [0.717, 1.165) is 11.3 Å². The van der Waals surface area contributed by atoms with Crippen LogP contribution in [0.1, 0.15) is 5.56 Å². The molecule has 0 aromatic heterocycles. The van der Waals surface area contributed by atoms with Gasteiger partial charge in [-0.15, -0.1) is 0 Å². The fourth-order valence-electron chi connectivity index (χ4n) is 1.35. The molecule has 1 radical (unpaired) electrons. The first-order valence-electron chi connectivity index (χ1n) is 4.91. The molecule has 0 aliphatic rings. The van der Waals surface area contributed by atoms with Crippen molar-refractivity contribution < 1.29 is 5.21 Å². The van der Waals surface area contributed by atoms with Crippen LogP contribution in [0.3, 0.4) is 0 Å². The molecule has 0 spiro atoms. The Bertz CT molecular complexity index is 466. The summed E-state index contributed by atoms with van der Waals surface area (Å²) in [6, 6.07) is 19.7. The molecule has 2 N–H and O–H groups in total. The summed E-state index contributed by atoms with van der Waals surface area (Å²) >= 11 is 0. The van der Waals surface area contributed by atoms with E-state index in [-0.39, 0.29) is 0 Å². The molecular formula is C13H11N2O. The quantitative estimate of drug-likeness (QED) is 0.347. The number of oxime groups is 1. The van der Waals surface area contributed by atoms with Crippen LogP contribution in [-0.2, 0) is 0 Å². The molecule has 3 nitrogen and oxygen atoms in total. The van der Waals surface area contributed by atoms with Crippen LogP contribution in [0.5, 0.6) is 0 Å². The Balaban J connectivity index is 2.20. The summed E-state index contributed by atoms with van der Waals surface area (Å²) in [5, 5.41) is 15.2. The lowest BCUT2D eigenvalue weighted by atomic mass is 10.2. The Morgan fingerprint density at radius 3 is 2.56 bits per heavy atom. The van der Waals surface area contributed by atoms with E-state index >= 15 is 0 Å². The number of benzene rings is 2. The maximum Gasteiger partial charge on any atom is 0.177 e. The summed E-state index contributed by atoms with van der Waals surface area (Å²) in [5.41, 5.74) is 1.66. The molecule has 0 saturated carbocycles. The molecule has 0 unspecified atom stereocenters. The van der Waals surface area contributed by atoms with Crippen LogP contribution in [0, 0.1) is 6.07 Å². The Kier molecular flexibility index (Phi) is 3.18. The van der Waals surface area contributed by atoms with E-state index in [2.05, 4.69) is 16.5 Å². The van der Waals surface area contributed by atoms with Gasteiger partial charge in [-0.1, -0.05) is 41.6 Å². The lowest BCUT2D eigenvalue weighted by Gasteiger charge is -2.07. The highest BCUT2D eigenvalue weighted by Gasteiger charge is 2.02. The van der Waals surface area contributed by atoms with Gasteiger partial charge in [0.15, 0.2) is 5.84 Å². The Labute approximate surface area is 94.0 Å². The van der Waals surface area contributed by atoms with Crippen molar-refractivity contribution in [1.29, 1.82) is 0 Å². The topological polar surface area (TPSA) is 44.6 Å². The third-order valence-electron chi connectivity index (χ3n) is 2.12. The third-order valence-corrected chi connectivity index (χ3v) is 2.12. The van der Waals surface area contributed by atoms with Gasteiger partial charge in [0.05, 0.1) is 0 Å². The smallest absolute Gasteiger partial charge is 0.177 e. The summed E-state index contributed by atoms with van der Waals surface area (Å²) in [6.07, 6.45) is 0. The fraction of sp³-hybridized carbons (Fsp3) is 0. The zero-order chi connectivity index (χ0) is 11.2. The second-order valence-corrected chi connectivity index (χ2v) is 3.23. The monoisotopic (exact) mass is 211 g/mol. The largest absolute Gasteiger partial charge is 0.409 e. The van der Waals surface area contributed by atoms with Gasteiger partial charge in [0.1, 0.15) is 0 Å². The normalized spacial score (nSPS) is 11.1. The first-order valence-corrected chi connectivity index (χ1v) is 4.91. The molecule has 3 heteroatoms. The van der Waals surface area contributed by atoms with E-state index in [0.29, 0.717) is 5.84 Å². The van der Waals surface area contributed by atoms with Gasteiger partial charge in [0, 0.05) is 11.3 Å². The average molecular weight is 211 g/mol. The van der Waals surface area contributed by atoms with Crippen LogP contribution in [-0.4, -0.2) is 11.0 Å². The summed E-state index contributed by atoms with van der Waals surface area (Å²) in [6.45, 7) is 0. The van der Waals surface area contributed by atoms with Crippen molar-refractivity contribution in [2.24, 2.45) is 5.16 Å². The van der Waals surface area contributed by atoms with Crippen molar-refractivity contribution in [2.45, 2.75) is 0 Å². The standard InChI is InChI=1S/C13H11N2O/c16-15-13(11-7-3-1-4-8-11)14-12-9-5-2-6-10-12/h1-3,5-10,16H,(H,14,15). The van der Waals surface area contributed by atoms with E-state index in [1.165, 1.54) is 0 Å². The van der Waals surface area contributed by atoms with E-state index in [9.17, 15) is 0 Å². The van der Waals surface area contributed by atoms with E-state index in [1.54, 1.807) is 12.1 Å². The van der Waals surface area contributed by atoms with Crippen LogP contribution < -0.4 is 5.32 Å². The Morgan fingerprint density at radius 2 is 1.94 bits per heavy atom. The number of para-hydroxylation sites is 1. The molecule has 2 aromatic carbocycles. The van der Waals surface area contributed by atoms with Crippen LogP contribution in [0.15, 0.2) is 59.8 Å². The van der Waals surface area contributed by atoms with Crippen LogP contribution >= 0.6 is 0 Å². The van der Waals surface area contributed by atoms with Gasteiger partial charge < -0.3 is 10.5 Å². The number of nitrogens with zero attached hydrogens (tertiary/aromatic N) is 1. The third kappa shape index (κ3) is 2.39. The van der Waals surface area contributed by atoms with E-state index < -0.39 is 0 Å². The first kappa shape index (κ1) is 10.2. The number of hydrogen-bond donors (Lipinski definition) is 2. The molecule has 0 saturated heterocycles. The minimum Gasteiger partial charge on any atom is -0.409 e. The van der Waals surface area contributed by atoms with Gasteiger partial charge in [-0.25, -0.2) is 0 Å². The Hall–Kier alpha value is -2.29. The van der Waals surface area contributed by atoms with Crippen LogP contribution in [0.2, 0.25) is 0 Å².